The fourth-order valence-electron chi connectivity index (χ4n) is 4.50. The van der Waals surface area contributed by atoms with Gasteiger partial charge in [-0.2, -0.15) is 0 Å². The molecule has 2 heterocycles. The van der Waals surface area contributed by atoms with E-state index in [0.29, 0.717) is 45.6 Å². The zero-order chi connectivity index (χ0) is 22.6. The Morgan fingerprint density at radius 3 is 2.50 bits per heavy atom. The van der Waals surface area contributed by atoms with Crippen LogP contribution in [0.5, 0.6) is 11.5 Å². The van der Waals surface area contributed by atoms with E-state index in [2.05, 4.69) is 5.32 Å². The molecule has 1 spiro atoms. The number of amides is 1. The number of benzene rings is 2. The van der Waals surface area contributed by atoms with Gasteiger partial charge in [-0.25, -0.2) is 4.79 Å². The maximum atomic E-state index is 12.2. The topological polar surface area (TPSA) is 83.4 Å². The zero-order valence-electron chi connectivity index (χ0n) is 18.7. The largest absolute Gasteiger partial charge is 0.508 e. The lowest BCUT2D eigenvalue weighted by Crippen LogP contribution is -2.56. The van der Waals surface area contributed by atoms with Gasteiger partial charge in [-0.3, -0.25) is 10.3 Å². The van der Waals surface area contributed by atoms with Crippen LogP contribution in [-0.2, 0) is 4.74 Å². The highest BCUT2D eigenvalue weighted by Gasteiger charge is 2.41. The van der Waals surface area contributed by atoms with Crippen LogP contribution in [0.2, 0.25) is 0 Å². The number of likely N-dealkylation sites (tertiary alicyclic amines) is 1. The second kappa shape index (κ2) is 9.61. The van der Waals surface area contributed by atoms with Gasteiger partial charge in [0.1, 0.15) is 17.2 Å². The van der Waals surface area contributed by atoms with E-state index >= 15 is 0 Å². The Hall–Kier alpha value is -3.06. The van der Waals surface area contributed by atoms with Crippen LogP contribution in [0.25, 0.3) is 0 Å². The molecule has 2 aromatic rings. The van der Waals surface area contributed by atoms with Gasteiger partial charge in [0, 0.05) is 49.7 Å². The number of nitrogens with one attached hydrogen (secondary N) is 1. The van der Waals surface area contributed by atoms with Crippen molar-refractivity contribution in [2.45, 2.75) is 44.8 Å². The van der Waals surface area contributed by atoms with E-state index in [4.69, 9.17) is 14.5 Å². The Bertz CT molecular complexity index is 965. The number of nitrogens with zero attached hydrogens (tertiary/aromatic N) is 2. The highest BCUT2D eigenvalue weighted by Crippen LogP contribution is 2.37. The molecule has 2 aromatic carbocycles. The number of rotatable bonds is 5. The Morgan fingerprint density at radius 2 is 1.84 bits per heavy atom. The van der Waals surface area contributed by atoms with Crippen LogP contribution < -0.4 is 10.1 Å². The second-order valence-corrected chi connectivity index (χ2v) is 8.19. The summed E-state index contributed by atoms with van der Waals surface area (Å²) < 4.78 is 10.8. The SMILES string of the molecule is CCOC(=O)N1CCC2(CC1)N=C(c1ccc(OCC)cc1)C[C@@H](c1ccccc1O)N2. The third-order valence-corrected chi connectivity index (χ3v) is 6.12. The minimum Gasteiger partial charge on any atom is -0.508 e. The van der Waals surface area contributed by atoms with Crippen LogP contribution in [-0.4, -0.2) is 53.8 Å². The van der Waals surface area contributed by atoms with E-state index in [1.807, 2.05) is 56.3 Å². The summed E-state index contributed by atoms with van der Waals surface area (Å²) in [5.74, 6) is 1.11. The maximum absolute atomic E-state index is 12.2. The molecule has 1 amide bonds. The van der Waals surface area contributed by atoms with Gasteiger partial charge in [-0.1, -0.05) is 18.2 Å². The van der Waals surface area contributed by atoms with E-state index in [1.165, 1.54) is 0 Å². The van der Waals surface area contributed by atoms with Crippen LogP contribution in [0.4, 0.5) is 4.79 Å². The van der Waals surface area contributed by atoms with E-state index in [9.17, 15) is 9.90 Å². The first-order valence-electron chi connectivity index (χ1n) is 11.3. The van der Waals surface area contributed by atoms with E-state index in [0.717, 1.165) is 22.6 Å². The number of aromatic hydroxyl groups is 1. The second-order valence-electron chi connectivity index (χ2n) is 8.19. The highest BCUT2D eigenvalue weighted by molar-refractivity contribution is 6.02. The van der Waals surface area contributed by atoms with Crippen LogP contribution in [0.3, 0.4) is 0 Å². The first-order valence-corrected chi connectivity index (χ1v) is 11.3. The summed E-state index contributed by atoms with van der Waals surface area (Å²) in [5, 5.41) is 14.2. The molecular formula is C25H31N3O4. The molecule has 4 rings (SSSR count). The highest BCUT2D eigenvalue weighted by atomic mass is 16.6. The summed E-state index contributed by atoms with van der Waals surface area (Å²) in [4.78, 5) is 19.1. The lowest BCUT2D eigenvalue weighted by molar-refractivity contribution is 0.0778. The van der Waals surface area contributed by atoms with Crippen molar-refractivity contribution in [3.05, 3.63) is 59.7 Å². The van der Waals surface area contributed by atoms with Crippen molar-refractivity contribution in [2.75, 3.05) is 26.3 Å². The van der Waals surface area contributed by atoms with Crippen molar-refractivity contribution in [2.24, 2.45) is 4.99 Å². The predicted molar refractivity (Wildman–Crippen MR) is 123 cm³/mol. The Labute approximate surface area is 189 Å². The standard InChI is InChI=1S/C25H31N3O4/c1-3-31-19-11-9-18(10-12-19)21-17-22(20-7-5-6-8-23(20)29)27-25(26-21)13-15-28(16-14-25)24(30)32-4-2/h5-12,22,27,29H,3-4,13-17H2,1-2H3/t22-/m0/s1. The summed E-state index contributed by atoms with van der Waals surface area (Å²) in [6.45, 7) is 5.91. The van der Waals surface area contributed by atoms with Gasteiger partial charge in [0.15, 0.2) is 0 Å². The molecule has 0 aliphatic carbocycles. The first kappa shape index (κ1) is 22.1. The molecule has 2 aliphatic heterocycles. The Kier molecular flexibility index (Phi) is 6.65. The minimum atomic E-state index is -0.498. The van der Waals surface area contributed by atoms with Crippen molar-refractivity contribution >= 4 is 11.8 Å². The third kappa shape index (κ3) is 4.72. The van der Waals surface area contributed by atoms with Crippen molar-refractivity contribution < 1.29 is 19.4 Å². The molecule has 170 valence electrons. The maximum Gasteiger partial charge on any atom is 0.409 e. The summed E-state index contributed by atoms with van der Waals surface area (Å²) in [6, 6.07) is 15.4. The number of aliphatic imine (C=N–C) groups is 1. The average molecular weight is 438 g/mol. The normalized spacial score (nSPS) is 20.0. The summed E-state index contributed by atoms with van der Waals surface area (Å²) in [5.41, 5.74) is 2.40. The monoisotopic (exact) mass is 437 g/mol. The number of carbonyl (C=O) groups excluding carboxylic acids is 1. The van der Waals surface area contributed by atoms with Crippen molar-refractivity contribution in [3.8, 4) is 11.5 Å². The first-order chi connectivity index (χ1) is 15.5. The molecule has 0 aromatic heterocycles. The molecule has 0 bridgehead atoms. The van der Waals surface area contributed by atoms with Gasteiger partial charge in [-0.15, -0.1) is 0 Å². The predicted octanol–water partition coefficient (Wildman–Crippen LogP) is 4.26. The minimum absolute atomic E-state index is 0.0792. The molecule has 2 N–H and O–H groups in total. The number of para-hydroxylation sites is 1. The molecule has 1 atom stereocenters. The van der Waals surface area contributed by atoms with Crippen molar-refractivity contribution in [1.29, 1.82) is 0 Å². The smallest absolute Gasteiger partial charge is 0.409 e. The Morgan fingerprint density at radius 1 is 1.12 bits per heavy atom. The van der Waals surface area contributed by atoms with E-state index < -0.39 is 5.66 Å². The number of piperidine rings is 1. The van der Waals surface area contributed by atoms with E-state index in [-0.39, 0.29) is 17.9 Å². The molecule has 1 saturated heterocycles. The van der Waals surface area contributed by atoms with Crippen molar-refractivity contribution in [1.82, 2.24) is 10.2 Å². The number of hydrogen-bond donors (Lipinski definition) is 2. The molecule has 2 aliphatic rings. The van der Waals surface area contributed by atoms with Gasteiger partial charge in [-0.05, 0) is 49.7 Å². The lowest BCUT2D eigenvalue weighted by atomic mass is 9.87. The summed E-state index contributed by atoms with van der Waals surface area (Å²) in [7, 11) is 0. The van der Waals surface area contributed by atoms with Gasteiger partial charge < -0.3 is 19.5 Å². The number of ether oxygens (including phenoxy) is 2. The fraction of sp³-hybridized carbons (Fsp3) is 0.440. The Balaban J connectivity index is 1.63. The lowest BCUT2D eigenvalue weighted by Gasteiger charge is -2.45. The van der Waals surface area contributed by atoms with Gasteiger partial charge in [0.2, 0.25) is 0 Å². The van der Waals surface area contributed by atoms with Gasteiger partial charge in [0.05, 0.1) is 13.2 Å². The van der Waals surface area contributed by atoms with Gasteiger partial charge >= 0.3 is 6.09 Å². The average Bonchev–Trinajstić information content (AvgIpc) is 2.80. The number of carbonyl (C=O) groups is 1. The van der Waals surface area contributed by atoms with Crippen LogP contribution in [0, 0.1) is 0 Å². The van der Waals surface area contributed by atoms with Crippen LogP contribution >= 0.6 is 0 Å². The molecule has 7 heteroatoms. The number of phenols is 1. The number of phenolic OH excluding ortho intramolecular Hbond substituents is 1. The molecular weight excluding hydrogens is 406 g/mol. The molecule has 0 unspecified atom stereocenters. The van der Waals surface area contributed by atoms with Crippen LogP contribution in [0.15, 0.2) is 53.5 Å². The van der Waals surface area contributed by atoms with Crippen molar-refractivity contribution in [3.63, 3.8) is 0 Å². The summed E-state index contributed by atoms with van der Waals surface area (Å²) in [6.07, 6.45) is 1.74. The third-order valence-electron chi connectivity index (χ3n) is 6.12. The van der Waals surface area contributed by atoms with Crippen LogP contribution in [0.1, 0.15) is 50.3 Å². The van der Waals surface area contributed by atoms with E-state index in [1.54, 1.807) is 11.0 Å². The fourth-order valence-corrected chi connectivity index (χ4v) is 4.50. The molecule has 0 saturated carbocycles. The molecule has 0 radical (unpaired) electrons. The number of hydrogen-bond acceptors (Lipinski definition) is 6. The molecule has 7 nitrogen and oxygen atoms in total. The zero-order valence-corrected chi connectivity index (χ0v) is 18.7. The molecule has 1 fully saturated rings. The quantitative estimate of drug-likeness (QED) is 0.730. The van der Waals surface area contributed by atoms with Gasteiger partial charge in [0.25, 0.3) is 0 Å². The summed E-state index contributed by atoms with van der Waals surface area (Å²) >= 11 is 0. The molecule has 32 heavy (non-hydrogen) atoms.